The molecule has 0 saturated heterocycles. The number of amides is 2. The summed E-state index contributed by atoms with van der Waals surface area (Å²) in [5.74, 6) is 0.419. The molecule has 6 heteroatoms. The van der Waals surface area contributed by atoms with Crippen LogP contribution in [0.2, 0.25) is 5.02 Å². The molecule has 1 aliphatic rings. The summed E-state index contributed by atoms with van der Waals surface area (Å²) in [7, 11) is 0. The maximum atomic E-state index is 11.9. The van der Waals surface area contributed by atoms with E-state index in [1.165, 1.54) is 18.4 Å². The monoisotopic (exact) mass is 378 g/mol. The minimum absolute atomic E-state index is 0.0353. The molecule has 0 aliphatic heterocycles. The molecule has 0 atom stereocenters. The van der Waals surface area contributed by atoms with Gasteiger partial charge in [-0.2, -0.15) is 0 Å². The van der Waals surface area contributed by atoms with Crippen molar-refractivity contribution >= 4 is 23.4 Å². The molecule has 0 unspecified atom stereocenters. The predicted octanol–water partition coefficient (Wildman–Crippen LogP) is 3.57. The van der Waals surface area contributed by atoms with Crippen LogP contribution in [-0.2, 0) is 9.59 Å². The maximum Gasteiger partial charge on any atom is 0.258 e. The summed E-state index contributed by atoms with van der Waals surface area (Å²) in [6.07, 6.45) is 8.04. The van der Waals surface area contributed by atoms with Crippen LogP contribution in [-0.4, -0.2) is 43.0 Å². The molecule has 0 fully saturated rings. The Morgan fingerprint density at radius 1 is 1.19 bits per heavy atom. The van der Waals surface area contributed by atoms with Gasteiger partial charge in [0, 0.05) is 31.6 Å². The van der Waals surface area contributed by atoms with Crippen molar-refractivity contribution in [2.75, 3.05) is 26.2 Å². The molecule has 0 heterocycles. The van der Waals surface area contributed by atoms with Gasteiger partial charge in [-0.25, -0.2) is 0 Å². The largest absolute Gasteiger partial charge is 0.484 e. The first-order chi connectivity index (χ1) is 12.5. The fourth-order valence-corrected chi connectivity index (χ4v) is 3.02. The number of hydrogen-bond donors (Lipinski definition) is 1. The summed E-state index contributed by atoms with van der Waals surface area (Å²) in [6.45, 7) is 3.14. The Labute approximate surface area is 160 Å². The summed E-state index contributed by atoms with van der Waals surface area (Å²) in [6, 6.07) is 6.85. The van der Waals surface area contributed by atoms with E-state index in [-0.39, 0.29) is 18.4 Å². The molecule has 1 N–H and O–H groups in total. The third-order valence-corrected chi connectivity index (χ3v) is 4.67. The van der Waals surface area contributed by atoms with Crippen molar-refractivity contribution in [2.45, 2.75) is 39.0 Å². The summed E-state index contributed by atoms with van der Waals surface area (Å²) in [5.41, 5.74) is 1.45. The van der Waals surface area contributed by atoms with Gasteiger partial charge in [0.05, 0.1) is 0 Å². The van der Waals surface area contributed by atoms with Crippen molar-refractivity contribution in [1.29, 1.82) is 0 Å². The molecular weight excluding hydrogens is 352 g/mol. The third kappa shape index (κ3) is 7.48. The lowest BCUT2D eigenvalue weighted by Gasteiger charge is -2.23. The van der Waals surface area contributed by atoms with Gasteiger partial charge in [0.1, 0.15) is 5.75 Å². The highest BCUT2D eigenvalue weighted by Crippen LogP contribution is 2.20. The molecule has 26 heavy (non-hydrogen) atoms. The van der Waals surface area contributed by atoms with Crippen LogP contribution in [0, 0.1) is 0 Å². The first kappa shape index (κ1) is 20.3. The van der Waals surface area contributed by atoms with E-state index in [4.69, 9.17) is 16.3 Å². The summed E-state index contributed by atoms with van der Waals surface area (Å²) >= 11 is 5.80. The van der Waals surface area contributed by atoms with Crippen LogP contribution in [0.15, 0.2) is 35.9 Å². The lowest BCUT2D eigenvalue weighted by atomic mass is 9.97. The van der Waals surface area contributed by atoms with Gasteiger partial charge < -0.3 is 15.0 Å². The molecule has 2 amide bonds. The Morgan fingerprint density at radius 3 is 2.62 bits per heavy atom. The second kappa shape index (κ2) is 10.9. The molecule has 142 valence electrons. The van der Waals surface area contributed by atoms with E-state index in [0.717, 1.165) is 19.3 Å². The summed E-state index contributed by atoms with van der Waals surface area (Å²) in [4.78, 5) is 25.4. The maximum absolute atomic E-state index is 11.9. The van der Waals surface area contributed by atoms with E-state index < -0.39 is 0 Å². The number of benzene rings is 1. The van der Waals surface area contributed by atoms with Crippen molar-refractivity contribution in [3.63, 3.8) is 0 Å². The lowest BCUT2D eigenvalue weighted by molar-refractivity contribution is -0.129. The number of hydrogen-bond acceptors (Lipinski definition) is 3. The van der Waals surface area contributed by atoms with Crippen LogP contribution < -0.4 is 10.1 Å². The number of carbonyl (C=O) groups is 2. The smallest absolute Gasteiger partial charge is 0.258 e. The molecule has 0 aromatic heterocycles. The molecule has 1 aromatic carbocycles. The molecule has 2 rings (SSSR count). The topological polar surface area (TPSA) is 58.6 Å². The Bertz CT molecular complexity index is 628. The molecule has 1 aromatic rings. The first-order valence-corrected chi connectivity index (χ1v) is 9.51. The van der Waals surface area contributed by atoms with Gasteiger partial charge in [0.2, 0.25) is 5.91 Å². The number of halogens is 1. The van der Waals surface area contributed by atoms with Gasteiger partial charge in [-0.05, 0) is 56.4 Å². The minimum Gasteiger partial charge on any atom is -0.484 e. The van der Waals surface area contributed by atoms with E-state index in [9.17, 15) is 9.59 Å². The number of nitrogens with one attached hydrogen (secondary N) is 1. The van der Waals surface area contributed by atoms with E-state index in [1.54, 1.807) is 36.1 Å². The average Bonchev–Trinajstić information content (AvgIpc) is 2.64. The van der Waals surface area contributed by atoms with E-state index >= 15 is 0 Å². The predicted molar refractivity (Wildman–Crippen MR) is 103 cm³/mol. The Hall–Kier alpha value is -2.01. The molecular formula is C20H27ClN2O3. The average molecular weight is 379 g/mol. The number of carbonyl (C=O) groups excluding carboxylic acids is 2. The highest BCUT2D eigenvalue weighted by atomic mass is 35.5. The van der Waals surface area contributed by atoms with Crippen LogP contribution in [0.25, 0.3) is 0 Å². The molecule has 0 radical (unpaired) electrons. The minimum atomic E-state index is -0.210. The van der Waals surface area contributed by atoms with Gasteiger partial charge in [-0.3, -0.25) is 9.59 Å². The normalized spacial score (nSPS) is 13.7. The van der Waals surface area contributed by atoms with Gasteiger partial charge in [0.25, 0.3) is 5.91 Å². The third-order valence-electron chi connectivity index (χ3n) is 4.42. The zero-order valence-corrected chi connectivity index (χ0v) is 16.1. The van der Waals surface area contributed by atoms with E-state index in [0.29, 0.717) is 30.4 Å². The zero-order chi connectivity index (χ0) is 18.8. The number of allylic oxidation sites excluding steroid dienone is 1. The van der Waals surface area contributed by atoms with Crippen molar-refractivity contribution < 1.29 is 14.3 Å². The second-order valence-corrected chi connectivity index (χ2v) is 6.89. The van der Waals surface area contributed by atoms with Crippen LogP contribution in [0.1, 0.15) is 39.0 Å². The van der Waals surface area contributed by atoms with Crippen LogP contribution in [0.5, 0.6) is 5.75 Å². The lowest BCUT2D eigenvalue weighted by Crippen LogP contribution is -2.39. The van der Waals surface area contributed by atoms with Crippen molar-refractivity contribution in [1.82, 2.24) is 10.2 Å². The first-order valence-electron chi connectivity index (χ1n) is 9.13. The summed E-state index contributed by atoms with van der Waals surface area (Å²) < 4.78 is 5.40. The SMILES string of the molecule is CC(=O)N(CCNC(=O)COc1ccc(Cl)cc1)CCC1=CCCCC1. The van der Waals surface area contributed by atoms with Crippen LogP contribution >= 0.6 is 11.6 Å². The fraction of sp³-hybridized carbons (Fsp3) is 0.500. The molecule has 0 spiro atoms. The van der Waals surface area contributed by atoms with Crippen molar-refractivity contribution in [3.05, 3.63) is 40.9 Å². The standard InChI is InChI=1S/C20H27ClN2O3/c1-16(24)23(13-11-17-5-3-2-4-6-17)14-12-22-20(25)15-26-19-9-7-18(21)8-10-19/h5,7-10H,2-4,6,11-15H2,1H3,(H,22,25). The second-order valence-electron chi connectivity index (χ2n) is 6.46. The van der Waals surface area contributed by atoms with Crippen LogP contribution in [0.3, 0.4) is 0 Å². The Morgan fingerprint density at radius 2 is 1.96 bits per heavy atom. The van der Waals surface area contributed by atoms with Crippen molar-refractivity contribution in [2.24, 2.45) is 0 Å². The molecule has 1 aliphatic carbocycles. The van der Waals surface area contributed by atoms with Gasteiger partial charge in [-0.1, -0.05) is 23.3 Å². The fourth-order valence-electron chi connectivity index (χ4n) is 2.90. The van der Waals surface area contributed by atoms with Gasteiger partial charge in [0.15, 0.2) is 6.61 Å². The molecule has 0 saturated carbocycles. The number of rotatable bonds is 9. The van der Waals surface area contributed by atoms with Gasteiger partial charge >= 0.3 is 0 Å². The number of nitrogens with zero attached hydrogens (tertiary/aromatic N) is 1. The van der Waals surface area contributed by atoms with Crippen molar-refractivity contribution in [3.8, 4) is 5.75 Å². The quantitative estimate of drug-likeness (QED) is 0.668. The summed E-state index contributed by atoms with van der Waals surface area (Å²) in [5, 5.41) is 3.41. The van der Waals surface area contributed by atoms with E-state index in [1.807, 2.05) is 0 Å². The van der Waals surface area contributed by atoms with Crippen LogP contribution in [0.4, 0.5) is 0 Å². The molecule has 5 nitrogen and oxygen atoms in total. The highest BCUT2D eigenvalue weighted by molar-refractivity contribution is 6.30. The Kier molecular flexibility index (Phi) is 8.48. The highest BCUT2D eigenvalue weighted by Gasteiger charge is 2.11. The number of ether oxygens (including phenoxy) is 1. The Balaban J connectivity index is 1.66. The van der Waals surface area contributed by atoms with Gasteiger partial charge in [-0.15, -0.1) is 0 Å². The van der Waals surface area contributed by atoms with E-state index in [2.05, 4.69) is 11.4 Å². The zero-order valence-electron chi connectivity index (χ0n) is 15.3. The molecule has 0 bridgehead atoms.